The summed E-state index contributed by atoms with van der Waals surface area (Å²) in [5.74, 6) is 1.84. The van der Waals surface area contributed by atoms with Gasteiger partial charge in [0.1, 0.15) is 5.82 Å². The fourth-order valence-corrected chi connectivity index (χ4v) is 3.29. The van der Waals surface area contributed by atoms with Gasteiger partial charge in [0.05, 0.1) is 0 Å². The number of nitrogens with zero attached hydrogens (tertiary/aromatic N) is 2. The summed E-state index contributed by atoms with van der Waals surface area (Å²) in [7, 11) is 0. The van der Waals surface area contributed by atoms with Crippen LogP contribution in [0.2, 0.25) is 0 Å². The summed E-state index contributed by atoms with van der Waals surface area (Å²) < 4.78 is 1.04. The molecule has 1 saturated heterocycles. The molecule has 0 saturated carbocycles. The van der Waals surface area contributed by atoms with Gasteiger partial charge in [-0.2, -0.15) is 0 Å². The number of rotatable bonds is 2. The van der Waals surface area contributed by atoms with E-state index < -0.39 is 0 Å². The third kappa shape index (κ3) is 2.36. The van der Waals surface area contributed by atoms with Gasteiger partial charge in [0.15, 0.2) is 0 Å². The van der Waals surface area contributed by atoms with E-state index in [0.29, 0.717) is 6.04 Å². The van der Waals surface area contributed by atoms with Crippen molar-refractivity contribution in [2.45, 2.75) is 19.4 Å². The van der Waals surface area contributed by atoms with Crippen LogP contribution in [0.15, 0.2) is 22.8 Å². The van der Waals surface area contributed by atoms with E-state index in [1.54, 1.807) is 0 Å². The zero-order chi connectivity index (χ0) is 10.8. The van der Waals surface area contributed by atoms with Gasteiger partial charge in [-0.25, -0.2) is 4.98 Å². The normalized spacial score (nSPS) is 25.9. The minimum atomic E-state index is 0.582. The molecule has 82 valence electrons. The molecule has 1 aliphatic rings. The summed E-state index contributed by atoms with van der Waals surface area (Å²) in [5.41, 5.74) is 0. The molecule has 2 unspecified atom stereocenters. The summed E-state index contributed by atoms with van der Waals surface area (Å²) in [6.45, 7) is 3.43. The molecule has 0 radical (unpaired) electrons. The van der Waals surface area contributed by atoms with Crippen molar-refractivity contribution in [3.63, 3.8) is 0 Å². The van der Waals surface area contributed by atoms with Crippen molar-refractivity contribution >= 4 is 37.7 Å². The van der Waals surface area contributed by atoms with Gasteiger partial charge in [-0.15, -0.1) is 0 Å². The molecule has 1 aromatic rings. The number of alkyl halides is 1. The highest BCUT2D eigenvalue weighted by Gasteiger charge is 2.30. The van der Waals surface area contributed by atoms with Crippen LogP contribution in [-0.2, 0) is 0 Å². The van der Waals surface area contributed by atoms with E-state index in [4.69, 9.17) is 0 Å². The molecule has 2 rings (SSSR count). The molecule has 2 heterocycles. The Labute approximate surface area is 107 Å². The van der Waals surface area contributed by atoms with Gasteiger partial charge < -0.3 is 4.90 Å². The average molecular weight is 334 g/mol. The van der Waals surface area contributed by atoms with E-state index in [1.165, 1.54) is 6.42 Å². The highest BCUT2D eigenvalue weighted by Crippen LogP contribution is 2.29. The van der Waals surface area contributed by atoms with Crippen LogP contribution in [0, 0.1) is 5.92 Å². The molecular weight excluding hydrogens is 320 g/mol. The van der Waals surface area contributed by atoms with Crippen LogP contribution in [0.25, 0.3) is 0 Å². The van der Waals surface area contributed by atoms with Crippen molar-refractivity contribution in [3.8, 4) is 0 Å². The Balaban J connectivity index is 2.20. The van der Waals surface area contributed by atoms with Crippen molar-refractivity contribution < 1.29 is 0 Å². The van der Waals surface area contributed by atoms with E-state index >= 15 is 0 Å². The maximum atomic E-state index is 4.45. The molecule has 1 fully saturated rings. The molecule has 0 aromatic carbocycles. The van der Waals surface area contributed by atoms with Crippen LogP contribution in [0.5, 0.6) is 0 Å². The quantitative estimate of drug-likeness (QED) is 0.770. The maximum absolute atomic E-state index is 4.45. The van der Waals surface area contributed by atoms with Crippen LogP contribution in [0.4, 0.5) is 5.82 Å². The monoisotopic (exact) mass is 332 g/mol. The number of halogens is 2. The van der Waals surface area contributed by atoms with E-state index in [2.05, 4.69) is 60.8 Å². The van der Waals surface area contributed by atoms with Gasteiger partial charge in [-0.3, -0.25) is 0 Å². The highest BCUT2D eigenvalue weighted by atomic mass is 79.9. The summed E-state index contributed by atoms with van der Waals surface area (Å²) in [4.78, 5) is 6.85. The Morgan fingerprint density at radius 2 is 2.33 bits per heavy atom. The third-order valence-corrected chi connectivity index (χ3v) is 4.18. The summed E-state index contributed by atoms with van der Waals surface area (Å²) in [6, 6.07) is 4.72. The van der Waals surface area contributed by atoms with Crippen molar-refractivity contribution in [1.29, 1.82) is 0 Å². The summed E-state index contributed by atoms with van der Waals surface area (Å²) in [5, 5.41) is 1.02. The standard InChI is InChI=1S/C11H14Br2N2/c1-8-4-5-15(10(8)6-12)11-3-2-9(13)7-14-11/h2-3,7-8,10H,4-6H2,1H3. The van der Waals surface area contributed by atoms with Gasteiger partial charge in [0, 0.05) is 28.6 Å². The molecule has 0 N–H and O–H groups in total. The molecule has 15 heavy (non-hydrogen) atoms. The molecule has 2 nitrogen and oxygen atoms in total. The lowest BCUT2D eigenvalue weighted by Crippen LogP contribution is -2.33. The summed E-state index contributed by atoms with van der Waals surface area (Å²) in [6.07, 6.45) is 3.12. The first-order valence-corrected chi connectivity index (χ1v) is 7.08. The minimum absolute atomic E-state index is 0.582. The zero-order valence-corrected chi connectivity index (χ0v) is 11.8. The Hall–Kier alpha value is -0.0900. The first kappa shape index (κ1) is 11.4. The van der Waals surface area contributed by atoms with Gasteiger partial charge in [0.25, 0.3) is 0 Å². The second-order valence-corrected chi connectivity index (χ2v) is 5.58. The molecule has 0 amide bonds. The number of anilines is 1. The minimum Gasteiger partial charge on any atom is -0.353 e. The third-order valence-electron chi connectivity index (χ3n) is 3.05. The second kappa shape index (κ2) is 4.83. The van der Waals surface area contributed by atoms with Crippen molar-refractivity contribution in [1.82, 2.24) is 4.98 Å². The van der Waals surface area contributed by atoms with Gasteiger partial charge >= 0.3 is 0 Å². The molecular formula is C11H14Br2N2. The molecule has 1 aliphatic heterocycles. The molecule has 4 heteroatoms. The zero-order valence-electron chi connectivity index (χ0n) is 8.66. The van der Waals surface area contributed by atoms with E-state index in [0.717, 1.165) is 28.1 Å². The maximum Gasteiger partial charge on any atom is 0.128 e. The highest BCUT2D eigenvalue weighted by molar-refractivity contribution is 9.10. The molecule has 0 bridgehead atoms. The predicted octanol–water partition coefficient (Wildman–Crippen LogP) is 3.45. The largest absolute Gasteiger partial charge is 0.353 e. The lowest BCUT2D eigenvalue weighted by Gasteiger charge is -2.26. The SMILES string of the molecule is CC1CCN(c2ccc(Br)cn2)C1CBr. The molecule has 1 aromatic heterocycles. The molecule has 2 atom stereocenters. The van der Waals surface area contributed by atoms with Crippen molar-refractivity contribution in [2.24, 2.45) is 5.92 Å². The lowest BCUT2D eigenvalue weighted by atomic mass is 10.1. The van der Waals surface area contributed by atoms with Crippen LogP contribution < -0.4 is 4.90 Å². The number of aromatic nitrogens is 1. The fraction of sp³-hybridized carbons (Fsp3) is 0.545. The molecule has 0 aliphatic carbocycles. The van der Waals surface area contributed by atoms with E-state index in [-0.39, 0.29) is 0 Å². The van der Waals surface area contributed by atoms with Gasteiger partial charge in [0.2, 0.25) is 0 Å². The first-order valence-electron chi connectivity index (χ1n) is 5.16. The van der Waals surface area contributed by atoms with Crippen molar-refractivity contribution in [2.75, 3.05) is 16.8 Å². The van der Waals surface area contributed by atoms with E-state index in [9.17, 15) is 0 Å². The van der Waals surface area contributed by atoms with Crippen molar-refractivity contribution in [3.05, 3.63) is 22.8 Å². The fourth-order valence-electron chi connectivity index (χ4n) is 2.07. The Morgan fingerprint density at radius 1 is 1.53 bits per heavy atom. The van der Waals surface area contributed by atoms with Crippen LogP contribution in [0.1, 0.15) is 13.3 Å². The van der Waals surface area contributed by atoms with E-state index in [1.807, 2.05) is 6.20 Å². The topological polar surface area (TPSA) is 16.1 Å². The van der Waals surface area contributed by atoms with Crippen LogP contribution >= 0.6 is 31.9 Å². The van der Waals surface area contributed by atoms with Crippen LogP contribution in [0.3, 0.4) is 0 Å². The Morgan fingerprint density at radius 3 is 2.93 bits per heavy atom. The number of hydrogen-bond donors (Lipinski definition) is 0. The molecule has 0 spiro atoms. The number of hydrogen-bond acceptors (Lipinski definition) is 2. The predicted molar refractivity (Wildman–Crippen MR) is 70.6 cm³/mol. The summed E-state index contributed by atoms with van der Waals surface area (Å²) >= 11 is 7.00. The van der Waals surface area contributed by atoms with Gasteiger partial charge in [-0.05, 0) is 40.4 Å². The van der Waals surface area contributed by atoms with Crippen LogP contribution in [-0.4, -0.2) is 22.9 Å². The number of pyridine rings is 1. The Kier molecular flexibility index (Phi) is 3.67. The Bertz CT molecular complexity index is 326. The second-order valence-electron chi connectivity index (χ2n) is 4.02. The lowest BCUT2D eigenvalue weighted by molar-refractivity contribution is 0.553. The average Bonchev–Trinajstić information content (AvgIpc) is 2.61. The smallest absolute Gasteiger partial charge is 0.128 e. The van der Waals surface area contributed by atoms with Gasteiger partial charge in [-0.1, -0.05) is 22.9 Å². The first-order chi connectivity index (χ1) is 7.22.